The highest BCUT2D eigenvalue weighted by molar-refractivity contribution is 6.17. The summed E-state index contributed by atoms with van der Waals surface area (Å²) in [6, 6.07) is 4.38. The highest BCUT2D eigenvalue weighted by Gasteiger charge is 2.12. The second-order valence-corrected chi connectivity index (χ2v) is 2.77. The maximum atomic E-state index is 12.3. The molecule has 0 aliphatic carbocycles. The zero-order chi connectivity index (χ0) is 9.84. The molecule has 0 radical (unpaired) electrons. The first-order valence-corrected chi connectivity index (χ1v) is 4.16. The molecule has 1 aromatic carbocycles. The third kappa shape index (κ3) is 2.29. The van der Waals surface area contributed by atoms with Crippen LogP contribution in [0, 0.1) is 0 Å². The Balaban J connectivity index is 3.08. The average molecular weight is 207 g/mol. The average Bonchev–Trinajstić information content (AvgIpc) is 2.16. The van der Waals surface area contributed by atoms with Crippen molar-refractivity contribution < 1.29 is 8.78 Å². The molecule has 0 amide bonds. The Morgan fingerprint density at radius 2 is 2.15 bits per heavy atom. The Morgan fingerprint density at radius 1 is 1.46 bits per heavy atom. The Labute approximate surface area is 79.7 Å². The van der Waals surface area contributed by atoms with Gasteiger partial charge in [-0.25, -0.2) is 8.78 Å². The standard InChI is InChI=1S/C8H9ClF2N2/c9-4-5-1-2-6(8(10)11)7(3-5)13-12/h1-3,8,13H,4,12H2. The lowest BCUT2D eigenvalue weighted by Crippen LogP contribution is -2.09. The lowest BCUT2D eigenvalue weighted by molar-refractivity contribution is 0.152. The van der Waals surface area contributed by atoms with E-state index in [0.29, 0.717) is 0 Å². The number of benzene rings is 1. The van der Waals surface area contributed by atoms with Crippen LogP contribution in [0.5, 0.6) is 0 Å². The molecule has 0 heterocycles. The largest absolute Gasteiger partial charge is 0.324 e. The molecule has 1 aromatic rings. The molecule has 13 heavy (non-hydrogen) atoms. The monoisotopic (exact) mass is 206 g/mol. The minimum atomic E-state index is -2.53. The van der Waals surface area contributed by atoms with Crippen molar-refractivity contribution in [3.8, 4) is 0 Å². The second-order valence-electron chi connectivity index (χ2n) is 2.50. The number of nitrogens with one attached hydrogen (secondary N) is 1. The summed E-state index contributed by atoms with van der Waals surface area (Å²) in [6.45, 7) is 0. The molecule has 0 aliphatic rings. The van der Waals surface area contributed by atoms with Gasteiger partial charge in [0.1, 0.15) is 0 Å². The number of halogens is 3. The molecule has 2 nitrogen and oxygen atoms in total. The highest BCUT2D eigenvalue weighted by Crippen LogP contribution is 2.27. The van der Waals surface area contributed by atoms with E-state index in [2.05, 4.69) is 5.43 Å². The van der Waals surface area contributed by atoms with Crippen LogP contribution in [-0.2, 0) is 5.88 Å². The number of hydrogen-bond acceptors (Lipinski definition) is 2. The van der Waals surface area contributed by atoms with Gasteiger partial charge >= 0.3 is 0 Å². The molecule has 0 fully saturated rings. The molecule has 0 saturated carbocycles. The van der Waals surface area contributed by atoms with Crippen LogP contribution in [0.3, 0.4) is 0 Å². The third-order valence-corrected chi connectivity index (χ3v) is 1.97. The fourth-order valence-corrected chi connectivity index (χ4v) is 1.17. The highest BCUT2D eigenvalue weighted by atomic mass is 35.5. The molecule has 0 spiro atoms. The Bertz CT molecular complexity index is 291. The van der Waals surface area contributed by atoms with E-state index in [1.807, 2.05) is 0 Å². The molecule has 72 valence electrons. The molecular formula is C8H9ClF2N2. The number of anilines is 1. The Kier molecular flexibility index (Phi) is 3.45. The summed E-state index contributed by atoms with van der Waals surface area (Å²) in [4.78, 5) is 0. The van der Waals surface area contributed by atoms with E-state index in [1.165, 1.54) is 12.1 Å². The number of alkyl halides is 3. The molecule has 5 heteroatoms. The van der Waals surface area contributed by atoms with Gasteiger partial charge in [0.05, 0.1) is 5.69 Å². The quantitative estimate of drug-likeness (QED) is 0.453. The number of nitrogens with two attached hydrogens (primary N) is 1. The fourth-order valence-electron chi connectivity index (χ4n) is 1.00. The number of rotatable bonds is 3. The topological polar surface area (TPSA) is 38.0 Å². The third-order valence-electron chi connectivity index (χ3n) is 1.66. The first-order chi connectivity index (χ1) is 6.19. The zero-order valence-electron chi connectivity index (χ0n) is 6.73. The van der Waals surface area contributed by atoms with Crippen LogP contribution in [0.25, 0.3) is 0 Å². The van der Waals surface area contributed by atoms with Gasteiger partial charge in [0.2, 0.25) is 0 Å². The molecule has 0 saturated heterocycles. The lowest BCUT2D eigenvalue weighted by atomic mass is 10.1. The van der Waals surface area contributed by atoms with Crippen molar-refractivity contribution in [3.63, 3.8) is 0 Å². The lowest BCUT2D eigenvalue weighted by Gasteiger charge is -2.08. The molecular weight excluding hydrogens is 198 g/mol. The molecule has 0 atom stereocenters. The minimum Gasteiger partial charge on any atom is -0.324 e. The van der Waals surface area contributed by atoms with Crippen molar-refractivity contribution in [2.45, 2.75) is 12.3 Å². The molecule has 0 unspecified atom stereocenters. The Morgan fingerprint density at radius 3 is 2.62 bits per heavy atom. The smallest absolute Gasteiger partial charge is 0.265 e. The summed E-state index contributed by atoms with van der Waals surface area (Å²) in [5, 5.41) is 0. The summed E-state index contributed by atoms with van der Waals surface area (Å²) in [6.07, 6.45) is -2.53. The molecule has 0 aromatic heterocycles. The van der Waals surface area contributed by atoms with Crippen LogP contribution in [-0.4, -0.2) is 0 Å². The first kappa shape index (κ1) is 10.2. The van der Waals surface area contributed by atoms with Gasteiger partial charge in [-0.05, 0) is 11.6 Å². The molecule has 3 N–H and O–H groups in total. The maximum Gasteiger partial charge on any atom is 0.265 e. The molecule has 1 rings (SSSR count). The normalized spacial score (nSPS) is 10.5. The molecule has 0 aliphatic heterocycles. The van der Waals surface area contributed by atoms with Gasteiger partial charge in [0.25, 0.3) is 6.43 Å². The van der Waals surface area contributed by atoms with E-state index < -0.39 is 6.43 Å². The van der Waals surface area contributed by atoms with Crippen LogP contribution in [0.15, 0.2) is 18.2 Å². The van der Waals surface area contributed by atoms with Crippen molar-refractivity contribution in [2.24, 2.45) is 5.84 Å². The predicted molar refractivity (Wildman–Crippen MR) is 48.8 cm³/mol. The number of hydrazine groups is 1. The summed E-state index contributed by atoms with van der Waals surface area (Å²) >= 11 is 5.53. The second kappa shape index (κ2) is 4.39. The number of hydrogen-bond donors (Lipinski definition) is 2. The summed E-state index contributed by atoms with van der Waals surface area (Å²) < 4.78 is 24.6. The van der Waals surface area contributed by atoms with Gasteiger partial charge in [-0.2, -0.15) is 0 Å². The van der Waals surface area contributed by atoms with Crippen LogP contribution < -0.4 is 11.3 Å². The van der Waals surface area contributed by atoms with Gasteiger partial charge in [0.15, 0.2) is 0 Å². The van der Waals surface area contributed by atoms with Crippen LogP contribution in [0.1, 0.15) is 17.6 Å². The number of nitrogen functional groups attached to an aromatic ring is 1. The van der Waals surface area contributed by atoms with Gasteiger partial charge < -0.3 is 5.43 Å². The van der Waals surface area contributed by atoms with Crippen molar-refractivity contribution in [2.75, 3.05) is 5.43 Å². The molecule has 0 bridgehead atoms. The van der Waals surface area contributed by atoms with Gasteiger partial charge in [-0.15, -0.1) is 11.6 Å². The van der Waals surface area contributed by atoms with Crippen LogP contribution in [0.4, 0.5) is 14.5 Å². The van der Waals surface area contributed by atoms with Crippen molar-refractivity contribution in [1.82, 2.24) is 0 Å². The van der Waals surface area contributed by atoms with E-state index >= 15 is 0 Å². The summed E-state index contributed by atoms with van der Waals surface area (Å²) in [5.74, 6) is 5.36. The van der Waals surface area contributed by atoms with E-state index in [0.717, 1.165) is 5.56 Å². The van der Waals surface area contributed by atoms with E-state index in [1.54, 1.807) is 6.07 Å². The van der Waals surface area contributed by atoms with E-state index in [9.17, 15) is 8.78 Å². The van der Waals surface area contributed by atoms with E-state index in [4.69, 9.17) is 17.4 Å². The van der Waals surface area contributed by atoms with Gasteiger partial charge in [0, 0.05) is 11.4 Å². The van der Waals surface area contributed by atoms with Crippen LogP contribution in [0.2, 0.25) is 0 Å². The Hall–Kier alpha value is -0.870. The summed E-state index contributed by atoms with van der Waals surface area (Å²) in [7, 11) is 0. The van der Waals surface area contributed by atoms with Gasteiger partial charge in [-0.3, -0.25) is 5.84 Å². The predicted octanol–water partition coefficient (Wildman–Crippen LogP) is 2.65. The zero-order valence-corrected chi connectivity index (χ0v) is 7.48. The van der Waals surface area contributed by atoms with Crippen molar-refractivity contribution >= 4 is 17.3 Å². The minimum absolute atomic E-state index is 0.114. The van der Waals surface area contributed by atoms with Crippen molar-refractivity contribution in [1.29, 1.82) is 0 Å². The van der Waals surface area contributed by atoms with Crippen molar-refractivity contribution in [3.05, 3.63) is 29.3 Å². The SMILES string of the molecule is NNc1cc(CCl)ccc1C(F)F. The fraction of sp³-hybridized carbons (Fsp3) is 0.250. The van der Waals surface area contributed by atoms with Crippen LogP contribution >= 0.6 is 11.6 Å². The summed E-state index contributed by atoms with van der Waals surface area (Å²) in [5.41, 5.74) is 3.06. The van der Waals surface area contributed by atoms with E-state index in [-0.39, 0.29) is 17.1 Å². The first-order valence-electron chi connectivity index (χ1n) is 3.62. The maximum absolute atomic E-state index is 12.3. The van der Waals surface area contributed by atoms with Gasteiger partial charge in [-0.1, -0.05) is 12.1 Å².